The van der Waals surface area contributed by atoms with Crippen LogP contribution in [0.25, 0.3) is 0 Å². The molecule has 25 heavy (non-hydrogen) atoms. The van der Waals surface area contributed by atoms with Gasteiger partial charge in [0.2, 0.25) is 0 Å². The van der Waals surface area contributed by atoms with E-state index < -0.39 is 12.0 Å². The van der Waals surface area contributed by atoms with E-state index in [1.807, 2.05) is 21.8 Å². The lowest BCUT2D eigenvalue weighted by Crippen LogP contribution is -2.56. The van der Waals surface area contributed by atoms with Gasteiger partial charge in [-0.1, -0.05) is 6.07 Å². The molecule has 1 fully saturated rings. The van der Waals surface area contributed by atoms with Crippen LogP contribution < -0.4 is 16.0 Å². The Morgan fingerprint density at radius 1 is 1.44 bits per heavy atom. The predicted molar refractivity (Wildman–Crippen MR) is 101 cm³/mol. The maximum Gasteiger partial charge on any atom is 0.250 e. The minimum absolute atomic E-state index is 0.0513. The van der Waals surface area contributed by atoms with Crippen molar-refractivity contribution in [2.45, 2.75) is 31.3 Å². The van der Waals surface area contributed by atoms with Crippen molar-refractivity contribution in [3.8, 4) is 0 Å². The first kappa shape index (κ1) is 18.3. The Hall–Kier alpha value is -1.54. The number of aliphatic carboxylic acids is 1. The zero-order chi connectivity index (χ0) is 18.0. The van der Waals surface area contributed by atoms with Crippen molar-refractivity contribution < 1.29 is 9.90 Å². The monoisotopic (exact) mass is 380 g/mol. The van der Waals surface area contributed by atoms with Crippen molar-refractivity contribution in [1.82, 2.24) is 14.8 Å². The first-order valence-corrected chi connectivity index (χ1v) is 10.2. The molecule has 2 bridgehead atoms. The summed E-state index contributed by atoms with van der Waals surface area (Å²) in [4.78, 5) is 25.4. The van der Waals surface area contributed by atoms with Crippen LogP contribution in [0.5, 0.6) is 0 Å². The fraction of sp³-hybridized carbons (Fsp3) is 0.588. The van der Waals surface area contributed by atoms with Crippen molar-refractivity contribution in [3.05, 3.63) is 34.2 Å². The second kappa shape index (κ2) is 7.78. The van der Waals surface area contributed by atoms with Crippen molar-refractivity contribution >= 4 is 35.1 Å². The van der Waals surface area contributed by atoms with Crippen LogP contribution in [-0.4, -0.2) is 51.7 Å². The summed E-state index contributed by atoms with van der Waals surface area (Å²) in [5.41, 5.74) is 1.10. The molecule has 1 aromatic heterocycles. The highest BCUT2D eigenvalue weighted by Gasteiger charge is 2.35. The molecule has 0 unspecified atom stereocenters. The van der Waals surface area contributed by atoms with Crippen molar-refractivity contribution in [2.24, 2.45) is 5.92 Å². The van der Waals surface area contributed by atoms with Gasteiger partial charge in [-0.05, 0) is 49.1 Å². The second-order valence-electron chi connectivity index (χ2n) is 6.71. The van der Waals surface area contributed by atoms with Gasteiger partial charge in [-0.15, -0.1) is 0 Å². The van der Waals surface area contributed by atoms with Crippen molar-refractivity contribution in [3.63, 3.8) is 0 Å². The van der Waals surface area contributed by atoms with E-state index in [1.54, 1.807) is 23.9 Å². The first-order chi connectivity index (χ1) is 12.0. The van der Waals surface area contributed by atoms with Gasteiger partial charge >= 0.3 is 0 Å². The molecule has 2 aliphatic rings. The molecular formula is C17H22N3O3S2-. The third kappa shape index (κ3) is 4.00. The number of thiocarbonyl (C=S) groups is 1. The standard InChI is InChI=1S/C17H23N3O3S2/c1-25-6-5-13(16(22)23)18-17(24)19-8-11-7-12(10-19)14-3-2-4-15(21)20(14)9-11/h2-4,11-13H,5-10H2,1H3,(H,18,24)(H,22,23)/p-1/t11-,12+,13+/m0/s1. The van der Waals surface area contributed by atoms with Gasteiger partial charge in [-0.2, -0.15) is 11.8 Å². The summed E-state index contributed by atoms with van der Waals surface area (Å²) < 4.78 is 1.87. The zero-order valence-corrected chi connectivity index (χ0v) is 15.8. The van der Waals surface area contributed by atoms with Crippen LogP contribution in [0.2, 0.25) is 0 Å². The number of rotatable bonds is 5. The smallest absolute Gasteiger partial charge is 0.250 e. The van der Waals surface area contributed by atoms with Gasteiger partial charge in [-0.3, -0.25) is 4.79 Å². The molecule has 3 heterocycles. The van der Waals surface area contributed by atoms with E-state index >= 15 is 0 Å². The molecule has 6 nitrogen and oxygen atoms in total. The summed E-state index contributed by atoms with van der Waals surface area (Å²) in [5.74, 6) is 0.202. The van der Waals surface area contributed by atoms with E-state index in [-0.39, 0.29) is 11.5 Å². The Morgan fingerprint density at radius 2 is 2.24 bits per heavy atom. The van der Waals surface area contributed by atoms with Crippen LogP contribution in [0.3, 0.4) is 0 Å². The lowest BCUT2D eigenvalue weighted by atomic mass is 9.83. The molecule has 1 N–H and O–H groups in total. The molecule has 136 valence electrons. The van der Waals surface area contributed by atoms with Crippen LogP contribution in [-0.2, 0) is 11.3 Å². The number of hydrogen-bond donors (Lipinski definition) is 1. The fourth-order valence-electron chi connectivity index (χ4n) is 3.79. The third-order valence-corrected chi connectivity index (χ3v) is 5.98. The number of nitrogens with zero attached hydrogens (tertiary/aromatic N) is 2. The lowest BCUT2D eigenvalue weighted by molar-refractivity contribution is -0.308. The van der Waals surface area contributed by atoms with Gasteiger partial charge in [0.25, 0.3) is 5.56 Å². The maximum absolute atomic E-state index is 12.1. The van der Waals surface area contributed by atoms with E-state index in [4.69, 9.17) is 12.2 Å². The molecule has 3 rings (SSSR count). The van der Waals surface area contributed by atoms with Gasteiger partial charge in [0, 0.05) is 37.3 Å². The van der Waals surface area contributed by atoms with Crippen molar-refractivity contribution in [2.75, 3.05) is 25.1 Å². The van der Waals surface area contributed by atoms with Crippen LogP contribution in [0.1, 0.15) is 24.5 Å². The molecule has 0 aliphatic carbocycles. The summed E-state index contributed by atoms with van der Waals surface area (Å²) in [6.45, 7) is 2.14. The first-order valence-electron chi connectivity index (χ1n) is 8.44. The summed E-state index contributed by atoms with van der Waals surface area (Å²) in [7, 11) is 0. The van der Waals surface area contributed by atoms with Crippen LogP contribution >= 0.6 is 24.0 Å². The Labute approximate surface area is 156 Å². The number of carbonyl (C=O) groups is 1. The Balaban J connectivity index is 1.70. The number of fused-ring (bicyclic) bond motifs is 4. The SMILES string of the molecule is CSCC[C@@H](NC(=S)N1C[C@@H]2C[C@H](C1)c1cccc(=O)n1C2)C(=O)[O-]. The number of aromatic nitrogens is 1. The third-order valence-electron chi connectivity index (χ3n) is 4.96. The number of hydrogen-bond acceptors (Lipinski definition) is 5. The number of thioether (sulfide) groups is 1. The van der Waals surface area contributed by atoms with E-state index in [0.717, 1.165) is 24.4 Å². The normalized spacial score (nSPS) is 22.8. The van der Waals surface area contributed by atoms with E-state index in [1.165, 1.54) is 0 Å². The number of carboxylic acid groups (broad SMARTS) is 1. The molecule has 1 aromatic rings. The van der Waals surface area contributed by atoms with Gasteiger partial charge in [0.1, 0.15) is 0 Å². The largest absolute Gasteiger partial charge is 0.548 e. The van der Waals surface area contributed by atoms with E-state index in [2.05, 4.69) is 5.32 Å². The number of nitrogens with one attached hydrogen (secondary N) is 1. The zero-order valence-electron chi connectivity index (χ0n) is 14.1. The molecule has 2 aliphatic heterocycles. The van der Waals surface area contributed by atoms with Gasteiger partial charge in [0.15, 0.2) is 5.11 Å². The van der Waals surface area contributed by atoms with E-state index in [0.29, 0.717) is 30.5 Å². The van der Waals surface area contributed by atoms with Crippen molar-refractivity contribution in [1.29, 1.82) is 0 Å². The van der Waals surface area contributed by atoms with E-state index in [9.17, 15) is 14.7 Å². The highest BCUT2D eigenvalue weighted by atomic mass is 32.2. The molecule has 0 amide bonds. The number of carboxylic acids is 1. The predicted octanol–water partition coefficient (Wildman–Crippen LogP) is 0.0135. The van der Waals surface area contributed by atoms with Crippen LogP contribution in [0.4, 0.5) is 0 Å². The maximum atomic E-state index is 12.1. The minimum Gasteiger partial charge on any atom is -0.548 e. The Kier molecular flexibility index (Phi) is 5.68. The summed E-state index contributed by atoms with van der Waals surface area (Å²) in [6.07, 6.45) is 3.46. The lowest BCUT2D eigenvalue weighted by Gasteiger charge is -2.44. The second-order valence-corrected chi connectivity index (χ2v) is 8.08. The molecule has 0 radical (unpaired) electrons. The topological polar surface area (TPSA) is 77.4 Å². The minimum atomic E-state index is -1.12. The average molecular weight is 381 g/mol. The molecule has 3 atom stereocenters. The molecule has 0 aromatic carbocycles. The summed E-state index contributed by atoms with van der Waals surface area (Å²) in [5, 5.41) is 14.7. The summed E-state index contributed by atoms with van der Waals surface area (Å²) >= 11 is 7.07. The quantitative estimate of drug-likeness (QED) is 0.721. The highest BCUT2D eigenvalue weighted by Crippen LogP contribution is 2.34. The molecule has 1 saturated heterocycles. The van der Waals surface area contributed by atoms with Gasteiger partial charge in [0.05, 0.1) is 12.0 Å². The van der Waals surface area contributed by atoms with Crippen LogP contribution in [0.15, 0.2) is 23.0 Å². The summed E-state index contributed by atoms with van der Waals surface area (Å²) in [6, 6.07) is 4.64. The van der Waals surface area contributed by atoms with Gasteiger partial charge in [-0.25, -0.2) is 0 Å². The Bertz CT molecular complexity index is 721. The number of carbonyl (C=O) groups excluding carboxylic acids is 1. The number of piperidine rings is 1. The molecular weight excluding hydrogens is 358 g/mol. The average Bonchev–Trinajstić information content (AvgIpc) is 2.59. The van der Waals surface area contributed by atoms with Crippen LogP contribution in [0, 0.1) is 5.92 Å². The molecule has 0 saturated carbocycles. The molecule has 0 spiro atoms. The highest BCUT2D eigenvalue weighted by molar-refractivity contribution is 7.98. The number of pyridine rings is 1. The Morgan fingerprint density at radius 3 is 2.96 bits per heavy atom. The molecule has 8 heteroatoms. The fourth-order valence-corrected chi connectivity index (χ4v) is 4.55. The number of likely N-dealkylation sites (tertiary alicyclic amines) is 1. The van der Waals surface area contributed by atoms with Gasteiger partial charge < -0.3 is 24.7 Å².